The van der Waals surface area contributed by atoms with Gasteiger partial charge in [-0.05, 0) is 66.1 Å². The van der Waals surface area contributed by atoms with Crippen LogP contribution in [-0.4, -0.2) is 14.9 Å². The van der Waals surface area contributed by atoms with Crippen LogP contribution in [0.3, 0.4) is 0 Å². The van der Waals surface area contributed by atoms with Crippen LogP contribution in [0, 0.1) is 0 Å². The number of imidazole rings is 1. The number of amides is 1. The van der Waals surface area contributed by atoms with Crippen molar-refractivity contribution in [2.24, 2.45) is 0 Å². The first-order valence-corrected chi connectivity index (χ1v) is 13.9. The van der Waals surface area contributed by atoms with Crippen molar-refractivity contribution in [1.82, 2.24) is 8.97 Å². The highest BCUT2D eigenvalue weighted by Gasteiger charge is 2.30. The van der Waals surface area contributed by atoms with Gasteiger partial charge in [0.15, 0.2) is 0 Å². The number of rotatable bonds is 5. The van der Waals surface area contributed by atoms with Crippen molar-refractivity contribution in [2.45, 2.75) is 45.6 Å². The molecule has 0 unspecified atom stereocenters. The van der Waals surface area contributed by atoms with E-state index < -0.39 is 0 Å². The van der Waals surface area contributed by atoms with E-state index in [9.17, 15) is 4.79 Å². The SMILES string of the molecule is CC(C)c1ccc(-c2c3c4n(c(-c5ccc(Cl)cc5)cn4c2C(=O)Nc2ccccc2Cl)CCCC3)cc1. The number of nitrogens with zero attached hydrogens (tertiary/aromatic N) is 2. The summed E-state index contributed by atoms with van der Waals surface area (Å²) >= 11 is 12.6. The van der Waals surface area contributed by atoms with Gasteiger partial charge in [0.05, 0.1) is 16.4 Å². The number of aromatic nitrogens is 2. The quantitative estimate of drug-likeness (QED) is 0.236. The zero-order chi connectivity index (χ0) is 26.4. The van der Waals surface area contributed by atoms with Gasteiger partial charge in [0.1, 0.15) is 11.3 Å². The van der Waals surface area contributed by atoms with E-state index in [-0.39, 0.29) is 5.91 Å². The van der Waals surface area contributed by atoms with Crippen LogP contribution in [-0.2, 0) is 13.0 Å². The molecule has 192 valence electrons. The van der Waals surface area contributed by atoms with Crippen LogP contribution in [0.15, 0.2) is 79.0 Å². The predicted molar refractivity (Wildman–Crippen MR) is 158 cm³/mol. The molecule has 0 saturated heterocycles. The van der Waals surface area contributed by atoms with E-state index >= 15 is 0 Å². The van der Waals surface area contributed by atoms with Gasteiger partial charge in [0.2, 0.25) is 0 Å². The number of carbonyl (C=O) groups excluding carboxylic acids is 1. The van der Waals surface area contributed by atoms with Crippen LogP contribution in [0.2, 0.25) is 10.0 Å². The van der Waals surface area contributed by atoms with E-state index in [4.69, 9.17) is 23.2 Å². The fourth-order valence-corrected chi connectivity index (χ4v) is 5.86. The second-order valence-electron chi connectivity index (χ2n) is 10.2. The zero-order valence-corrected chi connectivity index (χ0v) is 23.0. The maximum Gasteiger partial charge on any atom is 0.273 e. The van der Waals surface area contributed by atoms with Crippen molar-refractivity contribution >= 4 is 40.4 Å². The van der Waals surface area contributed by atoms with Crippen molar-refractivity contribution in [3.63, 3.8) is 0 Å². The smallest absolute Gasteiger partial charge is 0.273 e. The van der Waals surface area contributed by atoms with Crippen molar-refractivity contribution < 1.29 is 4.79 Å². The molecule has 1 aliphatic rings. The lowest BCUT2D eigenvalue weighted by Gasteiger charge is -2.12. The fraction of sp³-hybridized carbons (Fsp3) is 0.219. The lowest BCUT2D eigenvalue weighted by atomic mass is 9.95. The summed E-state index contributed by atoms with van der Waals surface area (Å²) in [7, 11) is 0. The minimum absolute atomic E-state index is 0.178. The van der Waals surface area contributed by atoms with Crippen LogP contribution in [0.25, 0.3) is 28.0 Å². The van der Waals surface area contributed by atoms with Gasteiger partial charge in [-0.15, -0.1) is 0 Å². The Morgan fingerprint density at radius 3 is 2.32 bits per heavy atom. The maximum atomic E-state index is 14.1. The normalized spacial score (nSPS) is 13.2. The molecule has 6 heteroatoms. The van der Waals surface area contributed by atoms with Crippen LogP contribution in [0.5, 0.6) is 0 Å². The number of benzene rings is 3. The highest BCUT2D eigenvalue weighted by molar-refractivity contribution is 6.34. The Morgan fingerprint density at radius 2 is 1.61 bits per heavy atom. The summed E-state index contributed by atoms with van der Waals surface area (Å²) in [6.45, 7) is 5.28. The lowest BCUT2D eigenvalue weighted by molar-refractivity contribution is 0.102. The first-order chi connectivity index (χ1) is 18.4. The molecule has 6 rings (SSSR count). The molecule has 0 aliphatic carbocycles. The van der Waals surface area contributed by atoms with Crippen LogP contribution in [0.4, 0.5) is 5.69 Å². The third-order valence-corrected chi connectivity index (χ3v) is 8.06. The minimum Gasteiger partial charge on any atom is -0.325 e. The Kier molecular flexibility index (Phi) is 6.55. The van der Waals surface area contributed by atoms with Crippen molar-refractivity contribution in [2.75, 3.05) is 5.32 Å². The van der Waals surface area contributed by atoms with Crippen LogP contribution >= 0.6 is 23.2 Å². The number of para-hydroxylation sites is 1. The molecule has 0 atom stereocenters. The molecule has 0 spiro atoms. The summed E-state index contributed by atoms with van der Waals surface area (Å²) in [5.74, 6) is 0.260. The van der Waals surface area contributed by atoms with E-state index in [0.29, 0.717) is 27.3 Å². The van der Waals surface area contributed by atoms with Gasteiger partial charge in [-0.25, -0.2) is 0 Å². The number of hydrogen-bond donors (Lipinski definition) is 1. The van der Waals surface area contributed by atoms with Gasteiger partial charge in [-0.3, -0.25) is 9.20 Å². The predicted octanol–water partition coefficient (Wildman–Crippen LogP) is 9.09. The first-order valence-electron chi connectivity index (χ1n) is 13.1. The monoisotopic (exact) mass is 541 g/mol. The Morgan fingerprint density at radius 1 is 0.895 bits per heavy atom. The summed E-state index contributed by atoms with van der Waals surface area (Å²) < 4.78 is 4.45. The van der Waals surface area contributed by atoms with Crippen LogP contribution < -0.4 is 5.32 Å². The molecule has 1 amide bonds. The molecule has 0 bridgehead atoms. The maximum absolute atomic E-state index is 14.1. The molecule has 5 aromatic rings. The van der Waals surface area contributed by atoms with Crippen molar-refractivity contribution in [3.8, 4) is 22.4 Å². The third kappa shape index (κ3) is 4.32. The summed E-state index contributed by atoms with van der Waals surface area (Å²) in [6, 6.07) is 23.9. The Bertz CT molecular complexity index is 1640. The summed E-state index contributed by atoms with van der Waals surface area (Å²) in [6.07, 6.45) is 5.14. The first kappa shape index (κ1) is 24.8. The zero-order valence-electron chi connectivity index (χ0n) is 21.5. The van der Waals surface area contributed by atoms with Gasteiger partial charge >= 0.3 is 0 Å². The van der Waals surface area contributed by atoms with Gasteiger partial charge in [0.25, 0.3) is 5.91 Å². The Balaban J connectivity index is 1.60. The molecule has 3 heterocycles. The Hall–Kier alpha value is -3.47. The molecule has 2 aromatic heterocycles. The number of carbonyl (C=O) groups is 1. The highest BCUT2D eigenvalue weighted by Crippen LogP contribution is 2.40. The third-order valence-electron chi connectivity index (χ3n) is 7.48. The number of halogens is 2. The average molecular weight is 543 g/mol. The second-order valence-corrected chi connectivity index (χ2v) is 11.1. The highest BCUT2D eigenvalue weighted by atomic mass is 35.5. The number of nitrogens with one attached hydrogen (secondary N) is 1. The standard InChI is InChI=1S/C32H29Cl2N3O/c1-20(2)21-10-12-23(13-11-21)29-25-7-5-6-18-36-28(22-14-16-24(33)17-15-22)19-37(32(25)36)30(29)31(38)35-27-9-4-3-8-26(27)34/h3-4,8-17,19-20H,5-7,18H2,1-2H3,(H,35,38). The largest absolute Gasteiger partial charge is 0.325 e. The van der Waals surface area contributed by atoms with Gasteiger partial charge in [-0.1, -0.05) is 85.6 Å². The molecule has 0 radical (unpaired) electrons. The summed E-state index contributed by atoms with van der Waals surface area (Å²) in [5.41, 5.74) is 9.00. The fourth-order valence-electron chi connectivity index (χ4n) is 5.55. The summed E-state index contributed by atoms with van der Waals surface area (Å²) in [5, 5.41) is 4.30. The molecule has 0 fully saturated rings. The number of hydrogen-bond acceptors (Lipinski definition) is 1. The summed E-state index contributed by atoms with van der Waals surface area (Å²) in [4.78, 5) is 14.1. The average Bonchev–Trinajstić information content (AvgIpc) is 3.33. The van der Waals surface area contributed by atoms with Gasteiger partial charge in [0, 0.05) is 28.9 Å². The number of anilines is 1. The van der Waals surface area contributed by atoms with E-state index in [2.05, 4.69) is 58.6 Å². The molecular formula is C32H29Cl2N3O. The molecule has 4 nitrogen and oxygen atoms in total. The topological polar surface area (TPSA) is 38.4 Å². The van der Waals surface area contributed by atoms with Gasteiger partial charge < -0.3 is 9.88 Å². The molecule has 1 aliphatic heterocycles. The lowest BCUT2D eigenvalue weighted by Crippen LogP contribution is -2.15. The van der Waals surface area contributed by atoms with E-state index in [1.54, 1.807) is 6.07 Å². The molecule has 1 N–H and O–H groups in total. The van der Waals surface area contributed by atoms with E-state index in [1.165, 1.54) is 11.1 Å². The van der Waals surface area contributed by atoms with Crippen molar-refractivity contribution in [3.05, 3.63) is 106 Å². The number of aryl methyl sites for hydroxylation is 2. The van der Waals surface area contributed by atoms with E-state index in [1.807, 2.05) is 42.5 Å². The molecule has 3 aromatic carbocycles. The second kappa shape index (κ2) is 10.0. The van der Waals surface area contributed by atoms with E-state index in [0.717, 1.165) is 53.8 Å². The van der Waals surface area contributed by atoms with Crippen LogP contribution in [0.1, 0.15) is 54.2 Å². The molecular weight excluding hydrogens is 513 g/mol. The minimum atomic E-state index is -0.178. The molecule has 0 saturated carbocycles. The molecule has 38 heavy (non-hydrogen) atoms. The Labute approximate surface area is 232 Å². The van der Waals surface area contributed by atoms with Gasteiger partial charge in [-0.2, -0.15) is 0 Å². The van der Waals surface area contributed by atoms with Crippen molar-refractivity contribution in [1.29, 1.82) is 0 Å².